The normalized spacial score (nSPS) is 18.0. The highest BCUT2D eigenvalue weighted by atomic mass is 16.3. The number of hydrogen-bond donors (Lipinski definition) is 3. The van der Waals surface area contributed by atoms with Crippen LogP contribution in [0.5, 0.6) is 0 Å². The van der Waals surface area contributed by atoms with Gasteiger partial charge in [-0.2, -0.15) is 0 Å². The van der Waals surface area contributed by atoms with E-state index in [2.05, 4.69) is 10.6 Å². The third-order valence-electron chi connectivity index (χ3n) is 1.22. The van der Waals surface area contributed by atoms with Crippen LogP contribution in [0.4, 0.5) is 0 Å². The van der Waals surface area contributed by atoms with Crippen LogP contribution in [-0.2, 0) is 0 Å². The SMILES string of the molecule is CNC(O)[C@H](C)NC. The molecule has 0 saturated carbocycles. The van der Waals surface area contributed by atoms with Crippen molar-refractivity contribution in [2.45, 2.75) is 19.2 Å². The molecule has 0 spiro atoms. The van der Waals surface area contributed by atoms with Gasteiger partial charge in [0.15, 0.2) is 0 Å². The largest absolute Gasteiger partial charge is 0.377 e. The number of aliphatic hydroxyl groups excluding tert-OH is 1. The van der Waals surface area contributed by atoms with Crippen molar-refractivity contribution in [2.75, 3.05) is 14.1 Å². The van der Waals surface area contributed by atoms with Crippen LogP contribution in [0.25, 0.3) is 0 Å². The average Bonchev–Trinajstić information content (AvgIpc) is 1.84. The van der Waals surface area contributed by atoms with Gasteiger partial charge in [-0.05, 0) is 21.0 Å². The Morgan fingerprint density at radius 2 is 1.75 bits per heavy atom. The van der Waals surface area contributed by atoms with E-state index in [0.29, 0.717) is 0 Å². The summed E-state index contributed by atoms with van der Waals surface area (Å²) in [5.41, 5.74) is 0. The lowest BCUT2D eigenvalue weighted by Crippen LogP contribution is -2.42. The first-order valence-electron chi connectivity index (χ1n) is 2.75. The minimum atomic E-state index is -0.444. The van der Waals surface area contributed by atoms with Gasteiger partial charge < -0.3 is 10.4 Å². The predicted molar refractivity (Wildman–Crippen MR) is 33.6 cm³/mol. The van der Waals surface area contributed by atoms with E-state index >= 15 is 0 Å². The number of rotatable bonds is 3. The van der Waals surface area contributed by atoms with Gasteiger partial charge in [0, 0.05) is 6.04 Å². The van der Waals surface area contributed by atoms with Crippen molar-refractivity contribution >= 4 is 0 Å². The molecule has 0 fully saturated rings. The van der Waals surface area contributed by atoms with Crippen molar-refractivity contribution in [3.8, 4) is 0 Å². The molecule has 0 aromatic carbocycles. The Labute approximate surface area is 50.1 Å². The highest BCUT2D eigenvalue weighted by Gasteiger charge is 2.06. The molecule has 0 rings (SSSR count). The number of hydrogen-bond acceptors (Lipinski definition) is 3. The minimum Gasteiger partial charge on any atom is -0.377 e. The summed E-state index contributed by atoms with van der Waals surface area (Å²) in [6, 6.07) is 0.111. The van der Waals surface area contributed by atoms with Gasteiger partial charge in [0.25, 0.3) is 0 Å². The van der Waals surface area contributed by atoms with Crippen LogP contribution in [0.1, 0.15) is 6.92 Å². The van der Waals surface area contributed by atoms with Crippen LogP contribution >= 0.6 is 0 Å². The first-order valence-corrected chi connectivity index (χ1v) is 2.75. The number of nitrogens with one attached hydrogen (secondary N) is 2. The first kappa shape index (κ1) is 7.88. The molecule has 0 bridgehead atoms. The molecule has 3 nitrogen and oxygen atoms in total. The van der Waals surface area contributed by atoms with Gasteiger partial charge >= 0.3 is 0 Å². The molecule has 50 valence electrons. The highest BCUT2D eigenvalue weighted by Crippen LogP contribution is 1.83. The zero-order valence-corrected chi connectivity index (χ0v) is 5.60. The lowest BCUT2D eigenvalue weighted by molar-refractivity contribution is 0.112. The van der Waals surface area contributed by atoms with E-state index in [1.165, 1.54) is 0 Å². The molecule has 0 radical (unpaired) electrons. The van der Waals surface area contributed by atoms with E-state index in [0.717, 1.165) is 0 Å². The fraction of sp³-hybridized carbons (Fsp3) is 1.00. The van der Waals surface area contributed by atoms with Crippen LogP contribution in [0.2, 0.25) is 0 Å². The van der Waals surface area contributed by atoms with Crippen molar-refractivity contribution in [1.82, 2.24) is 10.6 Å². The molecule has 2 atom stereocenters. The third-order valence-corrected chi connectivity index (χ3v) is 1.22. The Morgan fingerprint density at radius 1 is 1.25 bits per heavy atom. The predicted octanol–water partition coefficient (Wildman–Crippen LogP) is -0.868. The van der Waals surface area contributed by atoms with Gasteiger partial charge in [-0.1, -0.05) is 0 Å². The van der Waals surface area contributed by atoms with Crippen molar-refractivity contribution in [3.63, 3.8) is 0 Å². The maximum Gasteiger partial charge on any atom is 0.119 e. The maximum absolute atomic E-state index is 8.95. The van der Waals surface area contributed by atoms with Gasteiger partial charge in [-0.3, -0.25) is 5.32 Å². The zero-order valence-electron chi connectivity index (χ0n) is 5.60. The van der Waals surface area contributed by atoms with E-state index in [1.807, 2.05) is 14.0 Å². The van der Waals surface area contributed by atoms with Crippen molar-refractivity contribution in [3.05, 3.63) is 0 Å². The molecule has 0 heterocycles. The minimum absolute atomic E-state index is 0.111. The second-order valence-corrected chi connectivity index (χ2v) is 1.81. The van der Waals surface area contributed by atoms with Crippen molar-refractivity contribution in [1.29, 1.82) is 0 Å². The molecule has 0 saturated heterocycles. The van der Waals surface area contributed by atoms with Crippen LogP contribution < -0.4 is 10.6 Å². The molecule has 0 amide bonds. The Morgan fingerprint density at radius 3 is 1.88 bits per heavy atom. The summed E-state index contributed by atoms with van der Waals surface area (Å²) in [6.45, 7) is 1.90. The third kappa shape index (κ3) is 2.26. The average molecular weight is 118 g/mol. The molecule has 0 aliphatic rings. The van der Waals surface area contributed by atoms with E-state index in [9.17, 15) is 0 Å². The van der Waals surface area contributed by atoms with Gasteiger partial charge in [-0.25, -0.2) is 0 Å². The first-order chi connectivity index (χ1) is 3.72. The molecule has 3 N–H and O–H groups in total. The fourth-order valence-electron chi connectivity index (χ4n) is 0.408. The van der Waals surface area contributed by atoms with Gasteiger partial charge in [0.1, 0.15) is 6.23 Å². The summed E-state index contributed by atoms with van der Waals surface area (Å²) in [5, 5.41) is 14.6. The molecule has 0 aromatic heterocycles. The lowest BCUT2D eigenvalue weighted by Gasteiger charge is -2.16. The second-order valence-electron chi connectivity index (χ2n) is 1.81. The Hall–Kier alpha value is -0.120. The molecule has 1 unspecified atom stereocenters. The summed E-state index contributed by atoms with van der Waals surface area (Å²) in [7, 11) is 3.53. The van der Waals surface area contributed by atoms with Crippen LogP contribution in [0.15, 0.2) is 0 Å². The van der Waals surface area contributed by atoms with E-state index < -0.39 is 6.23 Å². The standard InChI is InChI=1S/C5H14N2O/c1-4(6-2)5(8)7-3/h4-8H,1-3H3/t4-,5?/m0/s1. The summed E-state index contributed by atoms with van der Waals surface area (Å²) in [5.74, 6) is 0. The zero-order chi connectivity index (χ0) is 6.57. The topological polar surface area (TPSA) is 44.3 Å². The van der Waals surface area contributed by atoms with E-state index in [1.54, 1.807) is 7.05 Å². The lowest BCUT2D eigenvalue weighted by atomic mass is 10.3. The van der Waals surface area contributed by atoms with Crippen molar-refractivity contribution < 1.29 is 5.11 Å². The van der Waals surface area contributed by atoms with Crippen LogP contribution in [-0.4, -0.2) is 31.5 Å². The summed E-state index contributed by atoms with van der Waals surface area (Å²) in [6.07, 6.45) is -0.444. The van der Waals surface area contributed by atoms with E-state index in [-0.39, 0.29) is 6.04 Å². The monoisotopic (exact) mass is 118 g/mol. The molecule has 3 heteroatoms. The molecule has 0 aliphatic carbocycles. The molecule has 8 heavy (non-hydrogen) atoms. The van der Waals surface area contributed by atoms with Gasteiger partial charge in [0.2, 0.25) is 0 Å². The highest BCUT2D eigenvalue weighted by molar-refractivity contribution is 4.63. The second kappa shape index (κ2) is 3.83. The summed E-state index contributed by atoms with van der Waals surface area (Å²) >= 11 is 0. The van der Waals surface area contributed by atoms with Gasteiger partial charge in [0.05, 0.1) is 0 Å². The molecule has 0 aliphatic heterocycles. The molecule has 0 aromatic rings. The number of aliphatic hydroxyl groups is 1. The smallest absolute Gasteiger partial charge is 0.119 e. The molecular formula is C5H14N2O. The van der Waals surface area contributed by atoms with Gasteiger partial charge in [-0.15, -0.1) is 0 Å². The fourth-order valence-corrected chi connectivity index (χ4v) is 0.408. The maximum atomic E-state index is 8.95. The Balaban J connectivity index is 3.29. The van der Waals surface area contributed by atoms with E-state index in [4.69, 9.17) is 5.11 Å². The summed E-state index contributed by atoms with van der Waals surface area (Å²) in [4.78, 5) is 0. The quantitative estimate of drug-likeness (QED) is 0.422. The number of likely N-dealkylation sites (N-methyl/N-ethyl adjacent to an activating group) is 2. The van der Waals surface area contributed by atoms with Crippen LogP contribution in [0, 0.1) is 0 Å². The van der Waals surface area contributed by atoms with Crippen LogP contribution in [0.3, 0.4) is 0 Å². The molecular weight excluding hydrogens is 104 g/mol. The Bertz CT molecular complexity index is 50.4. The Kier molecular flexibility index (Phi) is 3.77. The van der Waals surface area contributed by atoms with Crippen molar-refractivity contribution in [2.24, 2.45) is 0 Å². The summed E-state index contributed by atoms with van der Waals surface area (Å²) < 4.78 is 0.